The molecule has 0 saturated carbocycles. The molecule has 0 aliphatic carbocycles. The number of para-hydroxylation sites is 2. The van der Waals surface area contributed by atoms with Crippen LogP contribution in [0.15, 0.2) is 188 Å². The third kappa shape index (κ3) is 9.51. The number of rotatable bonds is 10. The van der Waals surface area contributed by atoms with Crippen molar-refractivity contribution in [2.45, 2.75) is 72.6 Å². The van der Waals surface area contributed by atoms with Crippen molar-refractivity contribution < 1.29 is 25.8 Å². The summed E-state index contributed by atoms with van der Waals surface area (Å²) in [5.74, 6) is 2.51. The summed E-state index contributed by atoms with van der Waals surface area (Å²) in [7, 11) is 0. The Morgan fingerprint density at radius 3 is 1.82 bits per heavy atom. The van der Waals surface area contributed by atoms with Crippen LogP contribution in [0.2, 0.25) is 0 Å². The molecule has 0 unspecified atom stereocenters. The van der Waals surface area contributed by atoms with Crippen LogP contribution in [0.4, 0.5) is 22.7 Å². The van der Waals surface area contributed by atoms with E-state index in [-0.39, 0.29) is 31.9 Å². The van der Waals surface area contributed by atoms with Gasteiger partial charge in [0.25, 0.3) is 0 Å². The van der Waals surface area contributed by atoms with Gasteiger partial charge in [0.2, 0.25) is 0 Å². The molecule has 6 heteroatoms. The first-order valence-electron chi connectivity index (χ1n) is 24.8. The number of anilines is 4. The van der Waals surface area contributed by atoms with Crippen molar-refractivity contribution in [3.8, 4) is 50.7 Å². The van der Waals surface area contributed by atoms with Crippen molar-refractivity contribution in [2.24, 2.45) is 5.92 Å². The summed E-state index contributed by atoms with van der Waals surface area (Å²) in [5.41, 5.74) is 16.9. The van der Waals surface area contributed by atoms with Crippen molar-refractivity contribution in [3.63, 3.8) is 0 Å². The Balaban J connectivity index is 0.00000596. The molecule has 0 saturated heterocycles. The summed E-state index contributed by atoms with van der Waals surface area (Å²) in [6.07, 6.45) is 3.00. The molecule has 0 N–H and O–H groups in total. The Morgan fingerprint density at radius 2 is 1.15 bits per heavy atom. The van der Waals surface area contributed by atoms with E-state index in [1.807, 2.05) is 18.2 Å². The van der Waals surface area contributed by atoms with E-state index in [0.717, 1.165) is 67.9 Å². The smallest absolute Gasteiger partial charge is 0.135 e. The second-order valence-electron chi connectivity index (χ2n) is 21.4. The van der Waals surface area contributed by atoms with E-state index in [0.29, 0.717) is 17.4 Å². The molecule has 0 bridgehead atoms. The summed E-state index contributed by atoms with van der Waals surface area (Å²) >= 11 is 0. The zero-order valence-electron chi connectivity index (χ0n) is 42.3. The molecular weight excluding hydrogens is 1060 g/mol. The zero-order valence-corrected chi connectivity index (χ0v) is 44.5. The van der Waals surface area contributed by atoms with Crippen LogP contribution in [-0.4, -0.2) is 9.55 Å². The van der Waals surface area contributed by atoms with Gasteiger partial charge in [-0.05, 0) is 116 Å². The number of hydrogen-bond acceptors (Lipinski definition) is 4. The fourth-order valence-corrected chi connectivity index (χ4v) is 9.93. The van der Waals surface area contributed by atoms with Gasteiger partial charge in [-0.3, -0.25) is 0 Å². The average molecular weight is 1120 g/mol. The first kappa shape index (κ1) is 48.4. The Labute approximate surface area is 440 Å². The third-order valence-corrected chi connectivity index (χ3v) is 13.7. The minimum absolute atomic E-state index is 0. The van der Waals surface area contributed by atoms with Gasteiger partial charge in [-0.25, -0.2) is 4.98 Å². The minimum atomic E-state index is -0.0240. The molecule has 10 aromatic rings. The molecule has 11 rings (SSSR count). The quantitative estimate of drug-likeness (QED) is 0.128. The molecule has 5 nitrogen and oxygen atoms in total. The fourth-order valence-electron chi connectivity index (χ4n) is 9.93. The number of hydrogen-bond donors (Lipinski definition) is 0. The van der Waals surface area contributed by atoms with Crippen molar-refractivity contribution in [1.29, 1.82) is 0 Å². The largest absolute Gasteiger partial charge is 0.509 e. The van der Waals surface area contributed by atoms with E-state index in [2.05, 4.69) is 259 Å². The number of aromatic nitrogens is 2. The van der Waals surface area contributed by atoms with E-state index in [9.17, 15) is 0 Å². The van der Waals surface area contributed by atoms with E-state index in [1.54, 1.807) is 0 Å². The Kier molecular flexibility index (Phi) is 13.1. The summed E-state index contributed by atoms with van der Waals surface area (Å²) in [6, 6.07) is 72.3. The number of benzene rings is 8. The van der Waals surface area contributed by atoms with Crippen molar-refractivity contribution >= 4 is 44.6 Å². The number of ether oxygens (including phenoxy) is 1. The van der Waals surface area contributed by atoms with E-state index >= 15 is 0 Å². The maximum absolute atomic E-state index is 6.77. The van der Waals surface area contributed by atoms with Gasteiger partial charge in [0, 0.05) is 66.9 Å². The molecule has 0 amide bonds. The number of pyridine rings is 1. The molecule has 0 radical (unpaired) electrons. The summed E-state index contributed by atoms with van der Waals surface area (Å²) < 4.78 is 9.04. The van der Waals surface area contributed by atoms with Crippen molar-refractivity contribution in [1.82, 2.24) is 9.55 Å². The van der Waals surface area contributed by atoms with Gasteiger partial charge in [-0.15, -0.1) is 48.1 Å². The van der Waals surface area contributed by atoms with Crippen LogP contribution >= 0.6 is 0 Å². The molecule has 0 fully saturated rings. The molecule has 2 aromatic heterocycles. The second kappa shape index (κ2) is 19.4. The van der Waals surface area contributed by atoms with Gasteiger partial charge in [0.1, 0.15) is 5.82 Å². The standard InChI is InChI=1S/C66H59N4O.Pt/c1-44(2)33-50-38-64(67-42-59(50)47-23-17-24-51(35-47)65(3,4)5)70-60-32-29-52(66(6,7)8)39-58(60)57-31-30-56(41-63(57)70)71-55-26-18-25-53(40-55)68-43-69(62-28-16-15-27-61(62)68)54-36-48(45-19-11-9-12-20-45)34-49(37-54)46-21-13-10-14-22-46;/h9-32,34-39,42-44H,33H2,1-8H3;/q-3;. The van der Waals surface area contributed by atoms with E-state index in [1.165, 1.54) is 38.9 Å². The monoisotopic (exact) mass is 1120 g/mol. The molecule has 1 aliphatic heterocycles. The van der Waals surface area contributed by atoms with Crippen molar-refractivity contribution in [3.05, 3.63) is 224 Å². The second-order valence-corrected chi connectivity index (χ2v) is 21.4. The SMILES string of the molecule is CC(C)Cc1cc(-n2c3[c-]c(Oc4[c-]c(N5[CH-]N(c6cc(-c7ccccc7)cc(-c7ccccc7)c6)c6ccccc65)ccc4)ccc3c3cc(C(C)(C)C)ccc32)ncc1-c1cccc(C(C)(C)C)c1.[Pt]. The Morgan fingerprint density at radius 1 is 0.542 bits per heavy atom. The molecule has 0 spiro atoms. The van der Waals surface area contributed by atoms with Gasteiger partial charge in [0.05, 0.1) is 0 Å². The zero-order chi connectivity index (χ0) is 49.0. The number of nitrogens with zero attached hydrogens (tertiary/aromatic N) is 4. The molecular formula is C66H59N4OPt-3. The first-order valence-corrected chi connectivity index (χ1v) is 24.8. The molecule has 362 valence electrons. The molecule has 8 aromatic carbocycles. The van der Waals surface area contributed by atoms with E-state index < -0.39 is 0 Å². The predicted molar refractivity (Wildman–Crippen MR) is 296 cm³/mol. The Hall–Kier alpha value is -7.20. The van der Waals surface area contributed by atoms with Crippen LogP contribution < -0.4 is 14.5 Å². The van der Waals surface area contributed by atoms with Gasteiger partial charge < -0.3 is 19.1 Å². The van der Waals surface area contributed by atoms with Crippen molar-refractivity contribution in [2.75, 3.05) is 9.80 Å². The van der Waals surface area contributed by atoms with Gasteiger partial charge in [-0.1, -0.05) is 170 Å². The molecule has 1 aliphatic rings. The van der Waals surface area contributed by atoms with Gasteiger partial charge >= 0.3 is 0 Å². The average Bonchev–Trinajstić information content (AvgIpc) is 3.92. The fraction of sp³-hybridized carbons (Fsp3) is 0.182. The summed E-state index contributed by atoms with van der Waals surface area (Å²) in [6.45, 7) is 20.4. The number of fused-ring (bicyclic) bond motifs is 4. The topological polar surface area (TPSA) is 33.5 Å². The predicted octanol–water partition coefficient (Wildman–Crippen LogP) is 17.8. The molecule has 3 heterocycles. The maximum Gasteiger partial charge on any atom is 0.135 e. The summed E-state index contributed by atoms with van der Waals surface area (Å²) in [5, 5.41) is 2.26. The van der Waals surface area contributed by atoms with Gasteiger partial charge in [-0.2, -0.15) is 12.1 Å². The van der Waals surface area contributed by atoms with Gasteiger partial charge in [0.15, 0.2) is 0 Å². The van der Waals surface area contributed by atoms with Crippen LogP contribution in [-0.2, 0) is 38.3 Å². The summed E-state index contributed by atoms with van der Waals surface area (Å²) in [4.78, 5) is 9.74. The Bertz CT molecular complexity index is 3520. The molecule has 0 atom stereocenters. The van der Waals surface area contributed by atoms with Crippen LogP contribution in [0.25, 0.3) is 61.0 Å². The molecule has 72 heavy (non-hydrogen) atoms. The first-order chi connectivity index (χ1) is 34.2. The normalized spacial score (nSPS) is 12.7. The van der Waals surface area contributed by atoms with Crippen LogP contribution in [0.1, 0.15) is 72.1 Å². The van der Waals surface area contributed by atoms with E-state index in [4.69, 9.17) is 9.72 Å². The maximum atomic E-state index is 6.77. The van der Waals surface area contributed by atoms with Crippen LogP contribution in [0.3, 0.4) is 0 Å². The third-order valence-electron chi connectivity index (χ3n) is 13.7. The van der Waals surface area contributed by atoms with Crippen LogP contribution in [0.5, 0.6) is 11.5 Å². The van der Waals surface area contributed by atoms with Crippen LogP contribution in [0, 0.1) is 24.7 Å². The minimum Gasteiger partial charge on any atom is -0.509 e.